The summed E-state index contributed by atoms with van der Waals surface area (Å²) in [5, 5.41) is 2.53. The molecule has 0 aromatic heterocycles. The number of nitrogens with one attached hydrogen (secondary N) is 1. The third-order valence-electron chi connectivity index (χ3n) is 5.40. The van der Waals surface area contributed by atoms with Gasteiger partial charge in [0, 0.05) is 18.1 Å². The Hall–Kier alpha value is -3.24. The highest BCUT2D eigenvalue weighted by Gasteiger charge is 2.32. The molecule has 1 atom stereocenters. The van der Waals surface area contributed by atoms with Crippen LogP contribution in [0.1, 0.15) is 12.5 Å². The topological polar surface area (TPSA) is 86.8 Å². The summed E-state index contributed by atoms with van der Waals surface area (Å²) in [6.45, 7) is 1.12. The predicted molar refractivity (Wildman–Crippen MR) is 136 cm³/mol. The zero-order valence-electron chi connectivity index (χ0n) is 19.2. The Balaban J connectivity index is 1.99. The number of benzene rings is 3. The summed E-state index contributed by atoms with van der Waals surface area (Å²) in [4.78, 5) is 27.2. The van der Waals surface area contributed by atoms with Crippen LogP contribution in [0.4, 0.5) is 10.1 Å². The summed E-state index contributed by atoms with van der Waals surface area (Å²) in [5.41, 5.74) is 1.03. The normalized spacial score (nSPS) is 12.0. The van der Waals surface area contributed by atoms with Crippen LogP contribution in [0.3, 0.4) is 0 Å². The van der Waals surface area contributed by atoms with Crippen molar-refractivity contribution in [1.82, 2.24) is 10.2 Å². The van der Waals surface area contributed by atoms with Crippen molar-refractivity contribution in [2.45, 2.75) is 24.4 Å². The molecule has 0 spiro atoms. The van der Waals surface area contributed by atoms with Crippen molar-refractivity contribution < 1.29 is 22.4 Å². The molecular formula is C25H25BrFN3O4S. The number of carbonyl (C=O) groups is 2. The lowest BCUT2D eigenvalue weighted by molar-refractivity contribution is -0.139. The van der Waals surface area contributed by atoms with E-state index in [0.29, 0.717) is 0 Å². The molecule has 0 fully saturated rings. The standard InChI is InChI=1S/C25H25BrFN3O4S/c1-18(25(32)28-2)29(16-19-8-10-20(26)11-9-19)24(31)17-30(22-6-4-3-5-7-22)35(33,34)23-14-12-21(27)13-15-23/h3-15,18H,16-17H2,1-2H3,(H,28,32)/t18-/m1/s1. The molecule has 2 amide bonds. The van der Waals surface area contributed by atoms with Gasteiger partial charge in [-0.1, -0.05) is 46.3 Å². The van der Waals surface area contributed by atoms with Crippen molar-refractivity contribution >= 4 is 43.5 Å². The third kappa shape index (κ3) is 6.46. The summed E-state index contributed by atoms with van der Waals surface area (Å²) >= 11 is 3.37. The zero-order valence-corrected chi connectivity index (χ0v) is 21.6. The van der Waals surface area contributed by atoms with Crippen molar-refractivity contribution in [2.24, 2.45) is 0 Å². The molecule has 0 heterocycles. The fourth-order valence-electron chi connectivity index (χ4n) is 3.43. The number of hydrogen-bond donors (Lipinski definition) is 1. The van der Waals surface area contributed by atoms with Gasteiger partial charge in [-0.05, 0) is 61.0 Å². The minimum absolute atomic E-state index is 0.0971. The molecule has 0 saturated carbocycles. The molecule has 0 saturated heterocycles. The molecule has 184 valence electrons. The van der Waals surface area contributed by atoms with Crippen LogP contribution < -0.4 is 9.62 Å². The van der Waals surface area contributed by atoms with Gasteiger partial charge in [0.1, 0.15) is 18.4 Å². The molecule has 0 radical (unpaired) electrons. The summed E-state index contributed by atoms with van der Waals surface area (Å²) in [6, 6.07) is 19.0. The minimum atomic E-state index is -4.22. The lowest BCUT2D eigenvalue weighted by Gasteiger charge is -2.31. The van der Waals surface area contributed by atoms with Gasteiger partial charge in [-0.15, -0.1) is 0 Å². The number of amides is 2. The van der Waals surface area contributed by atoms with Gasteiger partial charge in [0.2, 0.25) is 11.8 Å². The fourth-order valence-corrected chi connectivity index (χ4v) is 5.11. The van der Waals surface area contributed by atoms with Gasteiger partial charge in [-0.3, -0.25) is 13.9 Å². The number of rotatable bonds is 9. The van der Waals surface area contributed by atoms with Crippen LogP contribution in [0.5, 0.6) is 0 Å². The lowest BCUT2D eigenvalue weighted by atomic mass is 10.1. The van der Waals surface area contributed by atoms with Crippen molar-refractivity contribution in [3.63, 3.8) is 0 Å². The van der Waals surface area contributed by atoms with Crippen LogP contribution in [0.15, 0.2) is 88.2 Å². The van der Waals surface area contributed by atoms with Crippen LogP contribution >= 0.6 is 15.9 Å². The van der Waals surface area contributed by atoms with E-state index in [9.17, 15) is 22.4 Å². The van der Waals surface area contributed by atoms with Gasteiger partial charge in [0.25, 0.3) is 10.0 Å². The number of halogens is 2. The maximum absolute atomic E-state index is 13.6. The predicted octanol–water partition coefficient (Wildman–Crippen LogP) is 3.95. The van der Waals surface area contributed by atoms with Crippen LogP contribution in [0, 0.1) is 5.82 Å². The van der Waals surface area contributed by atoms with Gasteiger partial charge in [-0.25, -0.2) is 12.8 Å². The Morgan fingerprint density at radius 3 is 2.14 bits per heavy atom. The fraction of sp³-hybridized carbons (Fsp3) is 0.200. The highest BCUT2D eigenvalue weighted by Crippen LogP contribution is 2.24. The average Bonchev–Trinajstić information content (AvgIpc) is 2.86. The zero-order chi connectivity index (χ0) is 25.6. The molecule has 0 aliphatic heterocycles. The van der Waals surface area contributed by atoms with Crippen LogP contribution in [0.2, 0.25) is 0 Å². The maximum Gasteiger partial charge on any atom is 0.264 e. The number of hydrogen-bond acceptors (Lipinski definition) is 4. The van der Waals surface area contributed by atoms with Crippen LogP contribution in [-0.4, -0.2) is 44.8 Å². The molecular weight excluding hydrogens is 537 g/mol. The second kappa shape index (κ2) is 11.5. The average molecular weight is 562 g/mol. The first kappa shape index (κ1) is 26.4. The summed E-state index contributed by atoms with van der Waals surface area (Å²) < 4.78 is 42.3. The SMILES string of the molecule is CNC(=O)[C@@H](C)N(Cc1ccc(Br)cc1)C(=O)CN(c1ccccc1)S(=O)(=O)c1ccc(F)cc1. The van der Waals surface area contributed by atoms with Crippen molar-refractivity contribution in [3.05, 3.63) is 94.7 Å². The summed E-state index contributed by atoms with van der Waals surface area (Å²) in [6.07, 6.45) is 0. The highest BCUT2D eigenvalue weighted by molar-refractivity contribution is 9.10. The molecule has 35 heavy (non-hydrogen) atoms. The first-order chi connectivity index (χ1) is 16.6. The molecule has 3 rings (SSSR count). The third-order valence-corrected chi connectivity index (χ3v) is 7.72. The summed E-state index contributed by atoms with van der Waals surface area (Å²) in [7, 11) is -2.75. The monoisotopic (exact) mass is 561 g/mol. The Morgan fingerprint density at radius 2 is 1.57 bits per heavy atom. The van der Waals surface area contributed by atoms with E-state index >= 15 is 0 Å². The Morgan fingerprint density at radius 1 is 0.971 bits per heavy atom. The number of carbonyl (C=O) groups excluding carboxylic acids is 2. The van der Waals surface area contributed by atoms with E-state index in [-0.39, 0.29) is 23.0 Å². The number of anilines is 1. The molecule has 3 aromatic rings. The first-order valence-corrected chi connectivity index (χ1v) is 13.0. The van der Waals surface area contributed by atoms with Gasteiger partial charge >= 0.3 is 0 Å². The van der Waals surface area contributed by atoms with Crippen molar-refractivity contribution in [3.8, 4) is 0 Å². The van der Waals surface area contributed by atoms with Crippen LogP contribution in [0.25, 0.3) is 0 Å². The second-order valence-corrected chi connectivity index (χ2v) is 10.5. The van der Waals surface area contributed by atoms with Crippen molar-refractivity contribution in [1.29, 1.82) is 0 Å². The van der Waals surface area contributed by atoms with E-state index in [1.807, 2.05) is 24.3 Å². The smallest absolute Gasteiger partial charge is 0.264 e. The summed E-state index contributed by atoms with van der Waals surface area (Å²) in [5.74, 6) is -1.53. The van der Waals surface area contributed by atoms with E-state index < -0.39 is 34.3 Å². The number of likely N-dealkylation sites (N-methyl/N-ethyl adjacent to an activating group) is 1. The second-order valence-electron chi connectivity index (χ2n) is 7.74. The minimum Gasteiger partial charge on any atom is -0.357 e. The Bertz CT molecular complexity index is 1270. The molecule has 0 unspecified atom stereocenters. The molecule has 0 aliphatic carbocycles. The maximum atomic E-state index is 13.6. The molecule has 10 heteroatoms. The Kier molecular flexibility index (Phi) is 8.63. The molecule has 0 bridgehead atoms. The van der Waals surface area contributed by atoms with E-state index in [1.165, 1.54) is 11.9 Å². The lowest BCUT2D eigenvalue weighted by Crippen LogP contribution is -2.50. The molecule has 7 nitrogen and oxygen atoms in total. The van der Waals surface area contributed by atoms with E-state index in [2.05, 4.69) is 21.2 Å². The van der Waals surface area contributed by atoms with E-state index in [0.717, 1.165) is 38.6 Å². The van der Waals surface area contributed by atoms with E-state index in [1.54, 1.807) is 37.3 Å². The highest BCUT2D eigenvalue weighted by atomic mass is 79.9. The number of para-hydroxylation sites is 1. The van der Waals surface area contributed by atoms with Gasteiger partial charge < -0.3 is 10.2 Å². The van der Waals surface area contributed by atoms with Gasteiger partial charge in [0.05, 0.1) is 10.6 Å². The quantitative estimate of drug-likeness (QED) is 0.428. The van der Waals surface area contributed by atoms with Crippen molar-refractivity contribution in [2.75, 3.05) is 17.9 Å². The molecule has 0 aliphatic rings. The van der Waals surface area contributed by atoms with E-state index in [4.69, 9.17) is 0 Å². The number of nitrogens with zero attached hydrogens (tertiary/aromatic N) is 2. The molecule has 1 N–H and O–H groups in total. The first-order valence-electron chi connectivity index (χ1n) is 10.7. The number of sulfonamides is 1. The van der Waals surface area contributed by atoms with Gasteiger partial charge in [-0.2, -0.15) is 0 Å². The largest absolute Gasteiger partial charge is 0.357 e. The van der Waals surface area contributed by atoms with Gasteiger partial charge in [0.15, 0.2) is 0 Å². The van der Waals surface area contributed by atoms with Crippen LogP contribution in [-0.2, 0) is 26.2 Å². The Labute approximate surface area is 212 Å². The molecule has 3 aromatic carbocycles.